The molecule has 2 aliphatic rings. The predicted octanol–water partition coefficient (Wildman–Crippen LogP) is 2.04. The molecule has 23 heavy (non-hydrogen) atoms. The van der Waals surface area contributed by atoms with Gasteiger partial charge in [-0.25, -0.2) is 9.48 Å². The lowest BCUT2D eigenvalue weighted by atomic mass is 9.87. The molecule has 0 bridgehead atoms. The highest BCUT2D eigenvalue weighted by molar-refractivity contribution is 5.95. The third kappa shape index (κ3) is 1.98. The van der Waals surface area contributed by atoms with Crippen LogP contribution in [0.2, 0.25) is 0 Å². The Morgan fingerprint density at radius 1 is 1.35 bits per heavy atom. The molecular formula is C17H26N3O3+. The summed E-state index contributed by atoms with van der Waals surface area (Å²) in [6, 6.07) is 3.98. The lowest BCUT2D eigenvalue weighted by Crippen LogP contribution is -2.71. The van der Waals surface area contributed by atoms with Crippen molar-refractivity contribution >= 4 is 11.6 Å². The van der Waals surface area contributed by atoms with Crippen LogP contribution in [0.25, 0.3) is 0 Å². The summed E-state index contributed by atoms with van der Waals surface area (Å²) in [5, 5.41) is 0. The monoisotopic (exact) mass is 320 g/mol. The third-order valence-electron chi connectivity index (χ3n) is 5.79. The van der Waals surface area contributed by atoms with Crippen molar-refractivity contribution in [3.8, 4) is 11.5 Å². The highest BCUT2D eigenvalue weighted by Gasteiger charge is 2.59. The molecule has 0 aliphatic carbocycles. The van der Waals surface area contributed by atoms with Crippen LogP contribution in [-0.2, 0) is 11.3 Å². The summed E-state index contributed by atoms with van der Waals surface area (Å²) in [6.45, 7) is 5.59. The Hall–Kier alpha value is -1.79. The molecule has 0 amide bonds. The second kappa shape index (κ2) is 5.39. The molecule has 1 saturated heterocycles. The number of methoxy groups -OCH3 is 2. The average molecular weight is 320 g/mol. The van der Waals surface area contributed by atoms with Crippen molar-refractivity contribution in [1.82, 2.24) is 4.48 Å². The minimum Gasteiger partial charge on any atom is -0.493 e. The van der Waals surface area contributed by atoms with Gasteiger partial charge in [0.25, 0.3) is 0 Å². The first-order valence-corrected chi connectivity index (χ1v) is 7.93. The second-order valence-electron chi connectivity index (χ2n) is 6.61. The van der Waals surface area contributed by atoms with Crippen molar-refractivity contribution < 1.29 is 14.2 Å². The number of benzene rings is 1. The summed E-state index contributed by atoms with van der Waals surface area (Å²) < 4.78 is 17.5. The number of aliphatic imine (C=N–C) groups is 1. The first-order valence-electron chi connectivity index (χ1n) is 7.93. The van der Waals surface area contributed by atoms with E-state index < -0.39 is 0 Å². The topological polar surface area (TPSA) is 66.1 Å². The molecule has 1 aromatic rings. The van der Waals surface area contributed by atoms with Crippen LogP contribution in [0, 0.1) is 0 Å². The smallest absolute Gasteiger partial charge is 0.300 e. The number of quaternary nitrogens is 1. The third-order valence-corrected chi connectivity index (χ3v) is 5.79. The molecule has 0 aromatic heterocycles. The minimum atomic E-state index is -0.220. The molecule has 6 nitrogen and oxygen atoms in total. The molecule has 1 aromatic carbocycles. The number of likely N-dealkylation sites (N-methyl/N-ethyl adjacent to an activating group) is 1. The zero-order valence-corrected chi connectivity index (χ0v) is 14.5. The lowest BCUT2D eigenvalue weighted by Gasteiger charge is -2.48. The normalized spacial score (nSPS) is 33.1. The molecule has 6 heteroatoms. The van der Waals surface area contributed by atoms with Crippen LogP contribution >= 0.6 is 0 Å². The summed E-state index contributed by atoms with van der Waals surface area (Å²) in [7, 11) is 5.42. The zero-order chi connectivity index (χ0) is 16.8. The van der Waals surface area contributed by atoms with Crippen molar-refractivity contribution in [3.63, 3.8) is 0 Å². The van der Waals surface area contributed by atoms with Gasteiger partial charge >= 0.3 is 5.96 Å². The van der Waals surface area contributed by atoms with Crippen LogP contribution in [0.5, 0.6) is 11.5 Å². The molecule has 2 N–H and O–H groups in total. The molecule has 1 fully saturated rings. The van der Waals surface area contributed by atoms with E-state index in [1.807, 2.05) is 12.1 Å². The number of nitrogens with two attached hydrogens (primary N) is 1. The predicted molar refractivity (Wildman–Crippen MR) is 91.0 cm³/mol. The van der Waals surface area contributed by atoms with E-state index in [0.717, 1.165) is 30.0 Å². The number of ether oxygens (including phenoxy) is 3. The van der Waals surface area contributed by atoms with Gasteiger partial charge in [0.2, 0.25) is 5.75 Å². The maximum Gasteiger partial charge on any atom is 0.300 e. The molecule has 2 aliphatic heterocycles. The van der Waals surface area contributed by atoms with E-state index in [9.17, 15) is 0 Å². The summed E-state index contributed by atoms with van der Waals surface area (Å²) in [5.41, 5.74) is 8.36. The molecule has 126 valence electrons. The van der Waals surface area contributed by atoms with Gasteiger partial charge in [0.15, 0.2) is 11.4 Å². The Morgan fingerprint density at radius 2 is 2.09 bits per heavy atom. The van der Waals surface area contributed by atoms with Crippen LogP contribution in [0.1, 0.15) is 25.8 Å². The molecule has 2 heterocycles. The van der Waals surface area contributed by atoms with Crippen LogP contribution in [0.4, 0.5) is 5.69 Å². The first kappa shape index (κ1) is 16.1. The maximum absolute atomic E-state index is 6.44. The molecule has 0 spiro atoms. The van der Waals surface area contributed by atoms with Gasteiger partial charge in [-0.1, -0.05) is 0 Å². The van der Waals surface area contributed by atoms with E-state index >= 15 is 0 Å². The van der Waals surface area contributed by atoms with Gasteiger partial charge in [0, 0.05) is 12.0 Å². The molecule has 3 rings (SSSR count). The van der Waals surface area contributed by atoms with Gasteiger partial charge in [-0.2, -0.15) is 0 Å². The van der Waals surface area contributed by atoms with E-state index in [1.165, 1.54) is 0 Å². The highest BCUT2D eigenvalue weighted by atomic mass is 16.5. The molecule has 0 radical (unpaired) electrons. The van der Waals surface area contributed by atoms with E-state index in [2.05, 4.69) is 25.9 Å². The van der Waals surface area contributed by atoms with E-state index in [0.29, 0.717) is 22.7 Å². The number of hydrogen-bond acceptors (Lipinski definition) is 5. The van der Waals surface area contributed by atoms with Crippen molar-refractivity contribution in [1.29, 1.82) is 0 Å². The van der Waals surface area contributed by atoms with Gasteiger partial charge in [0.1, 0.15) is 11.6 Å². The van der Waals surface area contributed by atoms with Gasteiger partial charge in [-0.15, -0.1) is 0 Å². The Kier molecular flexibility index (Phi) is 3.77. The lowest BCUT2D eigenvalue weighted by molar-refractivity contribution is 0.0617. The fraction of sp³-hybridized carbons (Fsp3) is 0.588. The number of rotatable bonds is 3. The number of nitrogens with zero attached hydrogens (tertiary/aromatic N) is 2. The van der Waals surface area contributed by atoms with E-state index in [1.54, 1.807) is 14.2 Å². The Morgan fingerprint density at radius 3 is 2.65 bits per heavy atom. The van der Waals surface area contributed by atoms with E-state index in [-0.39, 0.29) is 11.6 Å². The Labute approximate surface area is 137 Å². The van der Waals surface area contributed by atoms with Crippen LogP contribution in [-0.4, -0.2) is 45.5 Å². The minimum absolute atomic E-state index is 0.0584. The van der Waals surface area contributed by atoms with Gasteiger partial charge in [-0.3, -0.25) is 0 Å². The van der Waals surface area contributed by atoms with Crippen LogP contribution in [0.3, 0.4) is 0 Å². The number of hydrogen-bond donors (Lipinski definition) is 1. The number of fused-ring (bicyclic) bond motifs is 1. The van der Waals surface area contributed by atoms with Gasteiger partial charge in [-0.05, 0) is 26.0 Å². The van der Waals surface area contributed by atoms with Gasteiger partial charge < -0.3 is 19.9 Å². The standard InChI is InChI=1S/C17H26N3O3/c1-11-17(2,8-9-23-11)20(3)14-12(10-19-16(20)18)6-7-13(21-4)15(14)22-5/h6-7,11H,8-10H2,1-5H3,(H2,18,19)/q+1. The van der Waals surface area contributed by atoms with Crippen molar-refractivity contribution in [2.75, 3.05) is 27.9 Å². The summed E-state index contributed by atoms with van der Waals surface area (Å²) in [6.07, 6.45) is 0.962. The SMILES string of the molecule is COc1ccc2c(c1OC)[N+](C)(C1(C)CCOC1C)C(N)=NC2. The van der Waals surface area contributed by atoms with Crippen molar-refractivity contribution in [3.05, 3.63) is 17.7 Å². The van der Waals surface area contributed by atoms with Crippen LogP contribution in [0.15, 0.2) is 17.1 Å². The maximum atomic E-state index is 6.44. The zero-order valence-electron chi connectivity index (χ0n) is 14.5. The quantitative estimate of drug-likeness (QED) is 0.866. The Balaban J connectivity index is 2.30. The van der Waals surface area contributed by atoms with Crippen molar-refractivity contribution in [2.24, 2.45) is 10.7 Å². The molecule has 3 atom stereocenters. The average Bonchev–Trinajstić information content (AvgIpc) is 2.90. The fourth-order valence-electron chi connectivity index (χ4n) is 3.92. The van der Waals surface area contributed by atoms with Crippen molar-refractivity contribution in [2.45, 2.75) is 38.5 Å². The molecule has 0 saturated carbocycles. The highest BCUT2D eigenvalue weighted by Crippen LogP contribution is 2.51. The second-order valence-corrected chi connectivity index (χ2v) is 6.61. The molecule has 3 unspecified atom stereocenters. The summed E-state index contributed by atoms with van der Waals surface area (Å²) >= 11 is 0. The summed E-state index contributed by atoms with van der Waals surface area (Å²) in [5.74, 6) is 2.02. The first-order chi connectivity index (χ1) is 10.9. The van der Waals surface area contributed by atoms with E-state index in [4.69, 9.17) is 19.9 Å². The molecular weight excluding hydrogens is 294 g/mol. The number of guanidine groups is 1. The summed E-state index contributed by atoms with van der Waals surface area (Å²) in [4.78, 5) is 4.59. The van der Waals surface area contributed by atoms with Crippen LogP contribution < -0.4 is 19.7 Å². The Bertz CT molecular complexity index is 661. The largest absolute Gasteiger partial charge is 0.493 e. The van der Waals surface area contributed by atoms with Gasteiger partial charge in [0.05, 0.1) is 34.4 Å². The fourth-order valence-corrected chi connectivity index (χ4v) is 3.92.